The maximum absolute atomic E-state index is 11.7. The Bertz CT molecular complexity index is 432. The van der Waals surface area contributed by atoms with Crippen molar-refractivity contribution >= 4 is 23.6 Å². The van der Waals surface area contributed by atoms with E-state index in [2.05, 4.69) is 0 Å². The number of halogens is 1. The highest BCUT2D eigenvalue weighted by molar-refractivity contribution is 6.31. The molecule has 0 aliphatic heterocycles. The van der Waals surface area contributed by atoms with Crippen molar-refractivity contribution in [3.63, 3.8) is 0 Å². The molecule has 1 aromatic rings. The molecule has 5 nitrogen and oxygen atoms in total. The van der Waals surface area contributed by atoms with Gasteiger partial charge in [-0.1, -0.05) is 11.6 Å². The molecule has 88 valence electrons. The Morgan fingerprint density at radius 2 is 2.00 bits per heavy atom. The first kappa shape index (κ1) is 12.6. The summed E-state index contributed by atoms with van der Waals surface area (Å²) in [6, 6.07) is 1.31. The lowest BCUT2D eigenvalue weighted by atomic mass is 10.2. The highest BCUT2D eigenvalue weighted by Gasteiger charge is 2.21. The first-order valence-electron chi connectivity index (χ1n) is 4.62. The van der Waals surface area contributed by atoms with Gasteiger partial charge >= 0.3 is 6.09 Å². The summed E-state index contributed by atoms with van der Waals surface area (Å²) in [6.45, 7) is 5.17. The maximum Gasteiger partial charge on any atom is 0.419 e. The quantitative estimate of drug-likeness (QED) is 0.821. The number of carbonyl (C=O) groups is 2. The van der Waals surface area contributed by atoms with Gasteiger partial charge in [0, 0.05) is 6.20 Å². The Morgan fingerprint density at radius 3 is 2.44 bits per heavy atom. The van der Waals surface area contributed by atoms with Crippen LogP contribution in [0.25, 0.3) is 0 Å². The first-order valence-corrected chi connectivity index (χ1v) is 4.99. The molecule has 0 fully saturated rings. The fourth-order valence-electron chi connectivity index (χ4n) is 1.08. The van der Waals surface area contributed by atoms with Gasteiger partial charge in [0.25, 0.3) is 5.91 Å². The van der Waals surface area contributed by atoms with Crippen molar-refractivity contribution < 1.29 is 14.3 Å². The van der Waals surface area contributed by atoms with Gasteiger partial charge in [0.1, 0.15) is 11.3 Å². The van der Waals surface area contributed by atoms with Crippen LogP contribution < -0.4 is 5.73 Å². The lowest BCUT2D eigenvalue weighted by molar-refractivity contribution is 0.0528. The van der Waals surface area contributed by atoms with E-state index in [1.54, 1.807) is 20.8 Å². The Balaban J connectivity index is 3.04. The highest BCUT2D eigenvalue weighted by Crippen LogP contribution is 2.16. The predicted molar refractivity (Wildman–Crippen MR) is 59.6 cm³/mol. The summed E-state index contributed by atoms with van der Waals surface area (Å²) in [5.41, 5.74) is 4.45. The Hall–Kier alpha value is -1.49. The smallest absolute Gasteiger partial charge is 0.419 e. The van der Waals surface area contributed by atoms with Crippen LogP contribution in [0, 0.1) is 0 Å². The van der Waals surface area contributed by atoms with Crippen molar-refractivity contribution in [3.05, 3.63) is 23.0 Å². The van der Waals surface area contributed by atoms with E-state index in [0.29, 0.717) is 0 Å². The van der Waals surface area contributed by atoms with Crippen LogP contribution >= 0.6 is 11.6 Å². The summed E-state index contributed by atoms with van der Waals surface area (Å²) in [5, 5.41) is 0.250. The van der Waals surface area contributed by atoms with Gasteiger partial charge in [-0.15, -0.1) is 0 Å². The van der Waals surface area contributed by atoms with Crippen LogP contribution in [0.15, 0.2) is 12.3 Å². The monoisotopic (exact) mass is 244 g/mol. The average Bonchev–Trinajstić information content (AvgIpc) is 2.44. The predicted octanol–water partition coefficient (Wildman–Crippen LogP) is 2.02. The molecule has 2 N–H and O–H groups in total. The van der Waals surface area contributed by atoms with Gasteiger partial charge in [-0.3, -0.25) is 4.79 Å². The largest absolute Gasteiger partial charge is 0.443 e. The number of nitrogens with two attached hydrogens (primary N) is 1. The van der Waals surface area contributed by atoms with Gasteiger partial charge < -0.3 is 10.5 Å². The molecule has 0 saturated heterocycles. The fraction of sp³-hybridized carbons (Fsp3) is 0.400. The summed E-state index contributed by atoms with van der Waals surface area (Å²) >= 11 is 5.69. The van der Waals surface area contributed by atoms with E-state index in [1.807, 2.05) is 0 Å². The molecule has 0 aliphatic rings. The zero-order chi connectivity index (χ0) is 12.5. The van der Waals surface area contributed by atoms with Crippen LogP contribution in [-0.4, -0.2) is 22.2 Å². The van der Waals surface area contributed by atoms with Crippen molar-refractivity contribution in [1.82, 2.24) is 4.57 Å². The number of aromatic nitrogens is 1. The van der Waals surface area contributed by atoms with Crippen LogP contribution in [0.4, 0.5) is 4.79 Å². The Kier molecular flexibility index (Phi) is 3.28. The minimum atomic E-state index is -0.738. The SMILES string of the molecule is CC(C)(C)OC(=O)n1cc(Cl)cc1C(N)=O. The van der Waals surface area contributed by atoms with E-state index in [-0.39, 0.29) is 10.7 Å². The lowest BCUT2D eigenvalue weighted by Gasteiger charge is -2.19. The number of ether oxygens (including phenoxy) is 1. The lowest BCUT2D eigenvalue weighted by Crippen LogP contribution is -2.29. The molecule has 0 radical (unpaired) electrons. The number of nitrogens with zero attached hydrogens (tertiary/aromatic N) is 1. The molecule has 0 aromatic carbocycles. The molecule has 0 atom stereocenters. The molecular weight excluding hydrogens is 232 g/mol. The molecule has 0 aliphatic carbocycles. The van der Waals surface area contributed by atoms with Crippen LogP contribution in [0.3, 0.4) is 0 Å². The van der Waals surface area contributed by atoms with E-state index < -0.39 is 17.6 Å². The molecule has 0 saturated carbocycles. The van der Waals surface area contributed by atoms with Gasteiger partial charge in [-0.2, -0.15) is 0 Å². The number of primary amides is 1. The molecule has 1 aromatic heterocycles. The first-order chi connectivity index (χ1) is 7.20. The number of amides is 1. The third-order valence-electron chi connectivity index (χ3n) is 1.63. The zero-order valence-electron chi connectivity index (χ0n) is 9.28. The standard InChI is InChI=1S/C10H13ClN2O3/c1-10(2,3)16-9(15)13-5-6(11)4-7(13)8(12)14/h4-5H,1-3H3,(H2,12,14). The van der Waals surface area contributed by atoms with Gasteiger partial charge in [0.05, 0.1) is 5.02 Å². The van der Waals surface area contributed by atoms with Crippen molar-refractivity contribution in [2.45, 2.75) is 26.4 Å². The number of hydrogen-bond acceptors (Lipinski definition) is 3. The fourth-order valence-corrected chi connectivity index (χ4v) is 1.28. The molecule has 0 bridgehead atoms. The van der Waals surface area contributed by atoms with E-state index in [4.69, 9.17) is 22.1 Å². The summed E-state index contributed by atoms with van der Waals surface area (Å²) < 4.78 is 6.08. The Labute approximate surface area is 98.1 Å². The van der Waals surface area contributed by atoms with E-state index in [0.717, 1.165) is 4.57 Å². The normalized spacial score (nSPS) is 11.2. The van der Waals surface area contributed by atoms with Crippen LogP contribution in [0.2, 0.25) is 5.02 Å². The average molecular weight is 245 g/mol. The summed E-state index contributed by atoms with van der Waals surface area (Å²) in [5.74, 6) is -0.738. The van der Waals surface area contributed by atoms with E-state index in [1.165, 1.54) is 12.3 Å². The van der Waals surface area contributed by atoms with Gasteiger partial charge in [-0.05, 0) is 26.8 Å². The van der Waals surface area contributed by atoms with Gasteiger partial charge in [0.2, 0.25) is 0 Å². The second-order valence-corrected chi connectivity index (χ2v) is 4.69. The van der Waals surface area contributed by atoms with E-state index >= 15 is 0 Å². The second-order valence-electron chi connectivity index (χ2n) is 4.26. The molecule has 6 heteroatoms. The molecule has 16 heavy (non-hydrogen) atoms. The molecule has 1 heterocycles. The minimum absolute atomic E-state index is 0.000694. The maximum atomic E-state index is 11.7. The van der Waals surface area contributed by atoms with Gasteiger partial charge in [-0.25, -0.2) is 9.36 Å². The van der Waals surface area contributed by atoms with E-state index in [9.17, 15) is 9.59 Å². The number of hydrogen-bond donors (Lipinski definition) is 1. The zero-order valence-corrected chi connectivity index (χ0v) is 10.0. The summed E-state index contributed by atoms with van der Waals surface area (Å²) in [6.07, 6.45) is 0.601. The van der Waals surface area contributed by atoms with Crippen molar-refractivity contribution in [2.24, 2.45) is 5.73 Å². The Morgan fingerprint density at radius 1 is 1.44 bits per heavy atom. The molecule has 1 rings (SSSR count). The number of rotatable bonds is 1. The molecule has 0 spiro atoms. The van der Waals surface area contributed by atoms with Crippen LogP contribution in [-0.2, 0) is 4.74 Å². The molecule has 1 amide bonds. The van der Waals surface area contributed by atoms with Crippen molar-refractivity contribution in [1.29, 1.82) is 0 Å². The topological polar surface area (TPSA) is 74.3 Å². The van der Waals surface area contributed by atoms with Crippen LogP contribution in [0.1, 0.15) is 31.3 Å². The minimum Gasteiger partial charge on any atom is -0.443 e. The van der Waals surface area contributed by atoms with Gasteiger partial charge in [0.15, 0.2) is 0 Å². The molecular formula is C10H13ClN2O3. The summed E-state index contributed by atoms with van der Waals surface area (Å²) in [4.78, 5) is 22.7. The highest BCUT2D eigenvalue weighted by atomic mass is 35.5. The van der Waals surface area contributed by atoms with Crippen molar-refractivity contribution in [2.75, 3.05) is 0 Å². The number of carbonyl (C=O) groups excluding carboxylic acids is 2. The third kappa shape index (κ3) is 3.00. The van der Waals surface area contributed by atoms with Crippen molar-refractivity contribution in [3.8, 4) is 0 Å². The van der Waals surface area contributed by atoms with Crippen LogP contribution in [0.5, 0.6) is 0 Å². The second kappa shape index (κ2) is 4.17. The molecule has 0 unspecified atom stereocenters. The summed E-state index contributed by atoms with van der Waals surface area (Å²) in [7, 11) is 0. The third-order valence-corrected chi connectivity index (χ3v) is 1.84.